The molecule has 8 heteroatoms. The maximum Gasteiger partial charge on any atom is 0.255 e. The molecule has 29 heavy (non-hydrogen) atoms. The summed E-state index contributed by atoms with van der Waals surface area (Å²) in [6.45, 7) is 6.43. The lowest BCUT2D eigenvalue weighted by Crippen LogP contribution is -2.42. The van der Waals surface area contributed by atoms with E-state index in [9.17, 15) is 9.59 Å². The van der Waals surface area contributed by atoms with Crippen LogP contribution in [0.1, 0.15) is 29.8 Å². The summed E-state index contributed by atoms with van der Waals surface area (Å²) in [5.41, 5.74) is 2.45. The van der Waals surface area contributed by atoms with Crippen molar-refractivity contribution in [2.45, 2.75) is 33.0 Å². The van der Waals surface area contributed by atoms with Gasteiger partial charge in [-0.1, -0.05) is 29.8 Å². The van der Waals surface area contributed by atoms with E-state index in [-0.39, 0.29) is 30.7 Å². The number of benzene rings is 1. The van der Waals surface area contributed by atoms with Gasteiger partial charge in [0.2, 0.25) is 11.9 Å². The molecule has 1 aromatic carbocycles. The highest BCUT2D eigenvalue weighted by Gasteiger charge is 2.20. The second-order valence-electron chi connectivity index (χ2n) is 7.20. The topological polar surface area (TPSA) is 85.7 Å². The molecule has 2 aromatic rings. The highest BCUT2D eigenvalue weighted by Crippen LogP contribution is 2.15. The molecule has 8 nitrogen and oxygen atoms in total. The summed E-state index contributed by atoms with van der Waals surface area (Å²) in [4.78, 5) is 32.0. The molecular formula is C21H28N4O4. The van der Waals surface area contributed by atoms with Gasteiger partial charge >= 0.3 is 0 Å². The number of morpholine rings is 1. The van der Waals surface area contributed by atoms with Crippen LogP contribution in [-0.2, 0) is 27.4 Å². The average molecular weight is 400 g/mol. The van der Waals surface area contributed by atoms with Crippen LogP contribution >= 0.6 is 0 Å². The lowest BCUT2D eigenvalue weighted by atomic mass is 10.1. The van der Waals surface area contributed by atoms with Crippen LogP contribution in [-0.4, -0.2) is 48.9 Å². The molecule has 0 spiro atoms. The van der Waals surface area contributed by atoms with Gasteiger partial charge < -0.3 is 19.7 Å². The van der Waals surface area contributed by atoms with E-state index in [0.29, 0.717) is 37.9 Å². The molecule has 1 aliphatic rings. The number of nitrogens with zero attached hydrogens (tertiary/aromatic N) is 3. The van der Waals surface area contributed by atoms with E-state index in [4.69, 9.17) is 9.47 Å². The number of nitrogens with one attached hydrogen (secondary N) is 1. The molecule has 0 aliphatic carbocycles. The third kappa shape index (κ3) is 5.42. The molecule has 1 fully saturated rings. The number of hydrogen-bond acceptors (Lipinski definition) is 6. The maximum absolute atomic E-state index is 12.7. The Morgan fingerprint density at radius 3 is 2.62 bits per heavy atom. The van der Waals surface area contributed by atoms with Crippen LogP contribution in [0.25, 0.3) is 0 Å². The van der Waals surface area contributed by atoms with E-state index >= 15 is 0 Å². The normalized spacial score (nSPS) is 15.2. The van der Waals surface area contributed by atoms with E-state index in [1.807, 2.05) is 43.0 Å². The fourth-order valence-electron chi connectivity index (χ4n) is 3.28. The minimum atomic E-state index is -0.272. The Kier molecular flexibility index (Phi) is 7.00. The van der Waals surface area contributed by atoms with Crippen LogP contribution in [0.2, 0.25) is 0 Å². The zero-order valence-electron chi connectivity index (χ0n) is 17.2. The zero-order valence-corrected chi connectivity index (χ0v) is 17.2. The first-order valence-electron chi connectivity index (χ1n) is 9.76. The molecule has 1 aliphatic heterocycles. The van der Waals surface area contributed by atoms with E-state index in [2.05, 4.69) is 10.3 Å². The van der Waals surface area contributed by atoms with Crippen LogP contribution in [0.5, 0.6) is 0 Å². The number of anilines is 1. The summed E-state index contributed by atoms with van der Waals surface area (Å²) < 4.78 is 11.9. The molecule has 3 rings (SSSR count). The number of aromatic nitrogens is 2. The summed E-state index contributed by atoms with van der Waals surface area (Å²) >= 11 is 0. The molecule has 156 valence electrons. The molecule has 2 heterocycles. The average Bonchev–Trinajstić information content (AvgIpc) is 2.71. The van der Waals surface area contributed by atoms with Gasteiger partial charge in [0.15, 0.2) is 0 Å². The molecule has 1 saturated heterocycles. The number of aryl methyl sites for hydroxylation is 1. The number of methoxy groups -OCH3 is 1. The number of carbonyl (C=O) groups excluding carboxylic acids is 1. The highest BCUT2D eigenvalue weighted by atomic mass is 16.5. The van der Waals surface area contributed by atoms with Gasteiger partial charge in [-0.3, -0.25) is 14.2 Å². The summed E-state index contributed by atoms with van der Waals surface area (Å²) in [7, 11) is 1.56. The Morgan fingerprint density at radius 1 is 1.28 bits per heavy atom. The molecule has 0 radical (unpaired) electrons. The fourth-order valence-corrected chi connectivity index (χ4v) is 3.28. The van der Waals surface area contributed by atoms with E-state index in [1.165, 1.54) is 10.6 Å². The molecule has 1 aromatic heterocycles. The number of rotatable bonds is 7. The molecule has 1 atom stereocenters. The highest BCUT2D eigenvalue weighted by molar-refractivity contribution is 5.76. The first kappa shape index (κ1) is 21.0. The molecule has 0 saturated carbocycles. The van der Waals surface area contributed by atoms with Crippen LogP contribution in [0.3, 0.4) is 0 Å². The Morgan fingerprint density at radius 2 is 1.97 bits per heavy atom. The van der Waals surface area contributed by atoms with Crippen LogP contribution < -0.4 is 15.8 Å². The van der Waals surface area contributed by atoms with Crippen molar-refractivity contribution in [3.8, 4) is 0 Å². The van der Waals surface area contributed by atoms with Gasteiger partial charge in [0.25, 0.3) is 5.56 Å². The van der Waals surface area contributed by atoms with Gasteiger partial charge in [0, 0.05) is 26.3 Å². The smallest absolute Gasteiger partial charge is 0.255 e. The van der Waals surface area contributed by atoms with Crippen molar-refractivity contribution in [2.75, 3.05) is 38.3 Å². The minimum absolute atomic E-state index is 0.0953. The number of hydrogen-bond donors (Lipinski definition) is 1. The van der Waals surface area contributed by atoms with Gasteiger partial charge in [0.05, 0.1) is 31.6 Å². The monoisotopic (exact) mass is 400 g/mol. The van der Waals surface area contributed by atoms with Crippen molar-refractivity contribution in [3.05, 3.63) is 57.5 Å². The predicted octanol–water partition coefficient (Wildman–Crippen LogP) is 1.41. The molecule has 0 unspecified atom stereocenters. The Labute approximate surface area is 170 Å². The number of carbonyl (C=O) groups is 1. The summed E-state index contributed by atoms with van der Waals surface area (Å²) in [5.74, 6) is 0.238. The van der Waals surface area contributed by atoms with Gasteiger partial charge in [-0.2, -0.15) is 0 Å². The second-order valence-corrected chi connectivity index (χ2v) is 7.20. The Bertz CT molecular complexity index is 889. The van der Waals surface area contributed by atoms with Crippen molar-refractivity contribution in [2.24, 2.45) is 0 Å². The fraction of sp³-hybridized carbons (Fsp3) is 0.476. The van der Waals surface area contributed by atoms with E-state index in [1.54, 1.807) is 7.11 Å². The lowest BCUT2D eigenvalue weighted by Gasteiger charge is -2.30. The van der Waals surface area contributed by atoms with Crippen LogP contribution in [0, 0.1) is 6.92 Å². The van der Waals surface area contributed by atoms with Gasteiger partial charge in [-0.05, 0) is 19.4 Å². The Hall–Kier alpha value is -2.71. The molecule has 1 amide bonds. The first-order valence-corrected chi connectivity index (χ1v) is 9.76. The summed E-state index contributed by atoms with van der Waals surface area (Å²) in [5, 5.41) is 2.97. The van der Waals surface area contributed by atoms with E-state index < -0.39 is 0 Å². The molecule has 1 N–H and O–H groups in total. The standard InChI is InChI=1S/C21H28N4O4/c1-15-4-6-17(7-5-15)16(2)22-19(26)13-25-20(27)12-18(14-28-3)23-21(25)24-8-10-29-11-9-24/h4-7,12,16H,8-11,13-14H2,1-3H3,(H,22,26)/t16-/m1/s1. The van der Waals surface area contributed by atoms with Gasteiger partial charge in [-0.25, -0.2) is 4.98 Å². The van der Waals surface area contributed by atoms with Crippen molar-refractivity contribution < 1.29 is 14.3 Å². The summed E-state index contributed by atoms with van der Waals surface area (Å²) in [6.07, 6.45) is 0. The van der Waals surface area contributed by atoms with E-state index in [0.717, 1.165) is 11.1 Å². The van der Waals surface area contributed by atoms with Gasteiger partial charge in [-0.15, -0.1) is 0 Å². The minimum Gasteiger partial charge on any atom is -0.378 e. The van der Waals surface area contributed by atoms with Crippen molar-refractivity contribution >= 4 is 11.9 Å². The van der Waals surface area contributed by atoms with Crippen LogP contribution in [0.15, 0.2) is 35.1 Å². The second kappa shape index (κ2) is 9.67. The third-order valence-electron chi connectivity index (χ3n) is 4.88. The summed E-state index contributed by atoms with van der Waals surface area (Å²) in [6, 6.07) is 9.27. The predicted molar refractivity (Wildman–Crippen MR) is 110 cm³/mol. The first-order chi connectivity index (χ1) is 14.0. The lowest BCUT2D eigenvalue weighted by molar-refractivity contribution is -0.122. The number of ether oxygens (including phenoxy) is 2. The van der Waals surface area contributed by atoms with Crippen molar-refractivity contribution in [1.82, 2.24) is 14.9 Å². The van der Waals surface area contributed by atoms with Crippen LogP contribution in [0.4, 0.5) is 5.95 Å². The SMILES string of the molecule is COCc1cc(=O)n(CC(=O)N[C@H](C)c2ccc(C)cc2)c(N2CCOCC2)n1. The number of amides is 1. The van der Waals surface area contributed by atoms with Crippen molar-refractivity contribution in [1.29, 1.82) is 0 Å². The van der Waals surface area contributed by atoms with Crippen molar-refractivity contribution in [3.63, 3.8) is 0 Å². The Balaban J connectivity index is 1.80. The third-order valence-corrected chi connectivity index (χ3v) is 4.88. The zero-order chi connectivity index (χ0) is 20.8. The maximum atomic E-state index is 12.7. The largest absolute Gasteiger partial charge is 0.378 e. The van der Waals surface area contributed by atoms with Gasteiger partial charge in [0.1, 0.15) is 6.54 Å². The molecule has 0 bridgehead atoms. The molecular weight excluding hydrogens is 372 g/mol. The quantitative estimate of drug-likeness (QED) is 0.756.